The lowest BCUT2D eigenvalue weighted by molar-refractivity contribution is -0.151. The molecule has 3 aliphatic rings. The standard InChI is InChI=1S/C18H18BrNO4/c1-10(11-3-5-12(19)6-4-11)20-9-18-8-7-13(24-18)14(17(22)23-2)15(18)16(20)21/h3-8,10,13-15H,9H2,1-2H3/t10-,13+,14+,15+,18-/m1/s1. The number of nitrogens with zero attached hydrogens (tertiary/aromatic N) is 1. The summed E-state index contributed by atoms with van der Waals surface area (Å²) in [6.07, 6.45) is 3.49. The molecule has 3 aliphatic heterocycles. The molecule has 0 unspecified atom stereocenters. The number of carbonyl (C=O) groups excluding carboxylic acids is 2. The minimum absolute atomic E-state index is 0.0346. The molecule has 0 N–H and O–H groups in total. The number of benzene rings is 1. The van der Waals surface area contributed by atoms with Gasteiger partial charge in [0.05, 0.1) is 31.7 Å². The second-order valence-electron chi connectivity index (χ2n) is 6.62. The van der Waals surface area contributed by atoms with Gasteiger partial charge in [0.15, 0.2) is 0 Å². The number of amides is 1. The number of likely N-dealkylation sites (tertiary alicyclic amines) is 1. The third kappa shape index (κ3) is 2.09. The van der Waals surface area contributed by atoms with Gasteiger partial charge in [0, 0.05) is 4.47 Å². The van der Waals surface area contributed by atoms with Gasteiger partial charge >= 0.3 is 5.97 Å². The number of hydrogen-bond acceptors (Lipinski definition) is 4. The van der Waals surface area contributed by atoms with E-state index in [1.165, 1.54) is 7.11 Å². The molecule has 5 nitrogen and oxygen atoms in total. The van der Waals surface area contributed by atoms with E-state index in [1.54, 1.807) is 0 Å². The van der Waals surface area contributed by atoms with E-state index in [1.807, 2.05) is 48.2 Å². The van der Waals surface area contributed by atoms with Crippen molar-refractivity contribution in [3.63, 3.8) is 0 Å². The zero-order valence-corrected chi connectivity index (χ0v) is 15.0. The van der Waals surface area contributed by atoms with Gasteiger partial charge < -0.3 is 14.4 Å². The lowest BCUT2D eigenvalue weighted by Crippen LogP contribution is -2.39. The van der Waals surface area contributed by atoms with Crippen LogP contribution in [0.4, 0.5) is 0 Å². The van der Waals surface area contributed by atoms with Gasteiger partial charge in [0.1, 0.15) is 11.5 Å². The highest BCUT2D eigenvalue weighted by atomic mass is 79.9. The first-order chi connectivity index (χ1) is 11.5. The Morgan fingerprint density at radius 2 is 2.12 bits per heavy atom. The average molecular weight is 392 g/mol. The van der Waals surface area contributed by atoms with Gasteiger partial charge in [0.2, 0.25) is 5.91 Å². The summed E-state index contributed by atoms with van der Waals surface area (Å²) in [5.74, 6) is -1.44. The predicted octanol–water partition coefficient (Wildman–Crippen LogP) is 2.47. The van der Waals surface area contributed by atoms with Crippen LogP contribution in [-0.4, -0.2) is 42.1 Å². The van der Waals surface area contributed by atoms with Crippen LogP contribution in [0, 0.1) is 11.8 Å². The molecule has 126 valence electrons. The average Bonchev–Trinajstić information content (AvgIpc) is 3.22. The van der Waals surface area contributed by atoms with Crippen molar-refractivity contribution in [3.05, 3.63) is 46.5 Å². The Hall–Kier alpha value is -1.66. The van der Waals surface area contributed by atoms with Crippen LogP contribution in [0.5, 0.6) is 0 Å². The number of hydrogen-bond donors (Lipinski definition) is 0. The number of rotatable bonds is 3. The van der Waals surface area contributed by atoms with Crippen LogP contribution >= 0.6 is 15.9 Å². The van der Waals surface area contributed by atoms with E-state index in [2.05, 4.69) is 15.9 Å². The SMILES string of the molecule is COC(=O)[C@H]1[C@@H]2C=C[C@]3(CN([C@H](C)c4ccc(Br)cc4)C(=O)[C@H]13)O2. The first-order valence-corrected chi connectivity index (χ1v) is 8.77. The molecule has 2 fully saturated rings. The van der Waals surface area contributed by atoms with E-state index in [4.69, 9.17) is 9.47 Å². The van der Waals surface area contributed by atoms with Gasteiger partial charge in [-0.25, -0.2) is 0 Å². The summed E-state index contributed by atoms with van der Waals surface area (Å²) in [4.78, 5) is 27.1. The number of methoxy groups -OCH3 is 1. The normalized spacial score (nSPS) is 34.5. The molecule has 1 aromatic rings. The molecule has 6 heteroatoms. The van der Waals surface area contributed by atoms with Crippen LogP contribution in [0.2, 0.25) is 0 Å². The Kier molecular flexibility index (Phi) is 3.58. The molecule has 2 bridgehead atoms. The molecule has 2 saturated heterocycles. The highest BCUT2D eigenvalue weighted by Crippen LogP contribution is 2.53. The van der Waals surface area contributed by atoms with E-state index < -0.39 is 17.4 Å². The number of carbonyl (C=O) groups is 2. The topological polar surface area (TPSA) is 55.8 Å². The van der Waals surface area contributed by atoms with Crippen molar-refractivity contribution in [1.82, 2.24) is 4.90 Å². The third-order valence-corrected chi connectivity index (χ3v) is 5.95. The fourth-order valence-corrected chi connectivity index (χ4v) is 4.45. The molecule has 0 aromatic heterocycles. The van der Waals surface area contributed by atoms with Crippen LogP contribution < -0.4 is 0 Å². The second-order valence-corrected chi connectivity index (χ2v) is 7.53. The van der Waals surface area contributed by atoms with Crippen LogP contribution in [0.1, 0.15) is 18.5 Å². The van der Waals surface area contributed by atoms with Crippen molar-refractivity contribution in [2.24, 2.45) is 11.8 Å². The summed E-state index contributed by atoms with van der Waals surface area (Å²) in [7, 11) is 1.35. The summed E-state index contributed by atoms with van der Waals surface area (Å²) in [6, 6.07) is 7.84. The van der Waals surface area contributed by atoms with Crippen molar-refractivity contribution in [3.8, 4) is 0 Å². The molecule has 0 radical (unpaired) electrons. The van der Waals surface area contributed by atoms with E-state index >= 15 is 0 Å². The number of fused-ring (bicyclic) bond motifs is 1. The van der Waals surface area contributed by atoms with Crippen molar-refractivity contribution >= 4 is 27.8 Å². The minimum Gasteiger partial charge on any atom is -0.469 e. The van der Waals surface area contributed by atoms with Gasteiger partial charge in [-0.15, -0.1) is 0 Å². The molecule has 0 aliphatic carbocycles. The summed E-state index contributed by atoms with van der Waals surface area (Å²) >= 11 is 3.43. The summed E-state index contributed by atoms with van der Waals surface area (Å²) < 4.78 is 11.9. The lowest BCUT2D eigenvalue weighted by Gasteiger charge is -2.27. The summed E-state index contributed by atoms with van der Waals surface area (Å²) in [5, 5.41) is 0. The second kappa shape index (κ2) is 5.43. The zero-order chi connectivity index (χ0) is 17.1. The Morgan fingerprint density at radius 1 is 1.42 bits per heavy atom. The monoisotopic (exact) mass is 391 g/mol. The van der Waals surface area contributed by atoms with Crippen molar-refractivity contribution < 1.29 is 19.1 Å². The third-order valence-electron chi connectivity index (χ3n) is 5.42. The Balaban J connectivity index is 1.65. The van der Waals surface area contributed by atoms with E-state index in [9.17, 15) is 9.59 Å². The number of halogens is 1. The van der Waals surface area contributed by atoms with Crippen LogP contribution in [0.25, 0.3) is 0 Å². The van der Waals surface area contributed by atoms with E-state index in [0.717, 1.165) is 10.0 Å². The molecule has 1 spiro atoms. The summed E-state index contributed by atoms with van der Waals surface area (Å²) in [6.45, 7) is 2.47. The van der Waals surface area contributed by atoms with E-state index in [-0.39, 0.29) is 24.0 Å². The molecular weight excluding hydrogens is 374 g/mol. The smallest absolute Gasteiger partial charge is 0.312 e. The highest BCUT2D eigenvalue weighted by Gasteiger charge is 2.67. The molecule has 1 aromatic carbocycles. The molecule has 4 rings (SSSR count). The zero-order valence-electron chi connectivity index (χ0n) is 13.4. The van der Waals surface area contributed by atoms with Crippen LogP contribution in [-0.2, 0) is 19.1 Å². The van der Waals surface area contributed by atoms with Gasteiger partial charge in [-0.2, -0.15) is 0 Å². The predicted molar refractivity (Wildman–Crippen MR) is 90.0 cm³/mol. The number of ether oxygens (including phenoxy) is 2. The first-order valence-electron chi connectivity index (χ1n) is 7.98. The largest absolute Gasteiger partial charge is 0.469 e. The van der Waals surface area contributed by atoms with E-state index in [0.29, 0.717) is 6.54 Å². The first kappa shape index (κ1) is 15.8. The van der Waals surface area contributed by atoms with Crippen molar-refractivity contribution in [2.45, 2.75) is 24.7 Å². The summed E-state index contributed by atoms with van der Waals surface area (Å²) in [5.41, 5.74) is 0.362. The molecule has 3 heterocycles. The molecule has 5 atom stereocenters. The molecular formula is C18H18BrNO4. The quantitative estimate of drug-likeness (QED) is 0.586. The highest BCUT2D eigenvalue weighted by molar-refractivity contribution is 9.10. The van der Waals surface area contributed by atoms with Crippen LogP contribution in [0.15, 0.2) is 40.9 Å². The minimum atomic E-state index is -0.690. The fourth-order valence-electron chi connectivity index (χ4n) is 4.18. The number of esters is 1. The maximum atomic E-state index is 13.1. The van der Waals surface area contributed by atoms with Crippen molar-refractivity contribution in [2.75, 3.05) is 13.7 Å². The fraction of sp³-hybridized carbons (Fsp3) is 0.444. The maximum absolute atomic E-state index is 13.1. The Bertz CT molecular complexity index is 731. The van der Waals surface area contributed by atoms with Gasteiger partial charge in [-0.05, 0) is 24.6 Å². The molecule has 1 amide bonds. The van der Waals surface area contributed by atoms with Crippen LogP contribution in [0.3, 0.4) is 0 Å². The molecule has 0 saturated carbocycles. The van der Waals surface area contributed by atoms with Gasteiger partial charge in [-0.1, -0.05) is 40.2 Å². The van der Waals surface area contributed by atoms with Crippen molar-refractivity contribution in [1.29, 1.82) is 0 Å². The Labute approximate surface area is 148 Å². The van der Waals surface area contributed by atoms with Gasteiger partial charge in [0.25, 0.3) is 0 Å². The maximum Gasteiger partial charge on any atom is 0.312 e. The van der Waals surface area contributed by atoms with Gasteiger partial charge in [-0.3, -0.25) is 9.59 Å². The Morgan fingerprint density at radius 3 is 2.79 bits per heavy atom. The lowest BCUT2D eigenvalue weighted by atomic mass is 9.77. The molecule has 24 heavy (non-hydrogen) atoms.